The Morgan fingerprint density at radius 3 is 2.77 bits per heavy atom. The molecule has 2 rings (SSSR count). The average molecular weight is 307 g/mol. The van der Waals surface area contributed by atoms with Gasteiger partial charge >= 0.3 is 0 Å². The SMILES string of the molecule is NCCCOC1CCN(C(=O)c2cccc([N+](=O)[O-])c2)CC1. The molecule has 1 amide bonds. The van der Waals surface area contributed by atoms with E-state index < -0.39 is 4.92 Å². The number of non-ortho nitro benzene ring substituents is 1. The molecule has 0 saturated carbocycles. The van der Waals surface area contributed by atoms with E-state index >= 15 is 0 Å². The van der Waals surface area contributed by atoms with Crippen molar-refractivity contribution in [2.75, 3.05) is 26.2 Å². The first-order valence-corrected chi connectivity index (χ1v) is 7.47. The van der Waals surface area contributed by atoms with Crippen molar-refractivity contribution in [2.24, 2.45) is 5.73 Å². The van der Waals surface area contributed by atoms with Crippen molar-refractivity contribution in [1.82, 2.24) is 4.90 Å². The van der Waals surface area contributed by atoms with Gasteiger partial charge in [0.15, 0.2) is 0 Å². The minimum atomic E-state index is -0.492. The highest BCUT2D eigenvalue weighted by molar-refractivity contribution is 5.94. The number of carbonyl (C=O) groups excluding carboxylic acids is 1. The standard InChI is InChI=1S/C15H21N3O4/c16-7-2-10-22-14-5-8-17(9-6-14)15(19)12-3-1-4-13(11-12)18(20)21/h1,3-4,11,14H,2,5-10,16H2. The van der Waals surface area contributed by atoms with Gasteiger partial charge in [-0.05, 0) is 31.9 Å². The summed E-state index contributed by atoms with van der Waals surface area (Å²) < 4.78 is 5.70. The van der Waals surface area contributed by atoms with Crippen LogP contribution in [0.15, 0.2) is 24.3 Å². The molecule has 1 aliphatic rings. The van der Waals surface area contributed by atoms with Crippen molar-refractivity contribution >= 4 is 11.6 Å². The number of nitro groups is 1. The number of hydrogen-bond donors (Lipinski definition) is 1. The molecule has 0 aromatic heterocycles. The first-order chi connectivity index (χ1) is 10.6. The fourth-order valence-electron chi connectivity index (χ4n) is 2.49. The lowest BCUT2D eigenvalue weighted by atomic mass is 10.1. The Hall–Kier alpha value is -1.99. The second-order valence-electron chi connectivity index (χ2n) is 5.31. The molecule has 1 aliphatic heterocycles. The maximum absolute atomic E-state index is 12.4. The summed E-state index contributed by atoms with van der Waals surface area (Å²) in [6, 6.07) is 5.85. The lowest BCUT2D eigenvalue weighted by Crippen LogP contribution is -2.41. The molecule has 0 spiro atoms. The van der Waals surface area contributed by atoms with Crippen LogP contribution in [0.2, 0.25) is 0 Å². The Kier molecular flexibility index (Phi) is 5.85. The van der Waals surface area contributed by atoms with Crippen LogP contribution in [-0.4, -0.2) is 48.1 Å². The number of hydrogen-bond acceptors (Lipinski definition) is 5. The van der Waals surface area contributed by atoms with Gasteiger partial charge in [-0.15, -0.1) is 0 Å². The van der Waals surface area contributed by atoms with Crippen LogP contribution in [0, 0.1) is 10.1 Å². The normalized spacial score (nSPS) is 15.8. The molecule has 120 valence electrons. The van der Waals surface area contributed by atoms with Crippen LogP contribution in [0.3, 0.4) is 0 Å². The number of nitro benzene ring substituents is 1. The van der Waals surface area contributed by atoms with Crippen molar-refractivity contribution in [2.45, 2.75) is 25.4 Å². The van der Waals surface area contributed by atoms with Crippen molar-refractivity contribution in [3.8, 4) is 0 Å². The van der Waals surface area contributed by atoms with Crippen LogP contribution >= 0.6 is 0 Å². The molecule has 1 aromatic carbocycles. The monoisotopic (exact) mass is 307 g/mol. The zero-order valence-corrected chi connectivity index (χ0v) is 12.4. The number of benzene rings is 1. The number of likely N-dealkylation sites (tertiary alicyclic amines) is 1. The molecule has 1 heterocycles. The van der Waals surface area contributed by atoms with E-state index in [0.29, 0.717) is 31.8 Å². The van der Waals surface area contributed by atoms with Crippen LogP contribution in [-0.2, 0) is 4.74 Å². The first-order valence-electron chi connectivity index (χ1n) is 7.47. The maximum Gasteiger partial charge on any atom is 0.270 e. The van der Waals surface area contributed by atoms with Gasteiger partial charge in [-0.25, -0.2) is 0 Å². The highest BCUT2D eigenvalue weighted by Crippen LogP contribution is 2.19. The van der Waals surface area contributed by atoms with E-state index in [1.807, 2.05) is 0 Å². The van der Waals surface area contributed by atoms with Crippen molar-refractivity contribution in [3.63, 3.8) is 0 Å². The fourth-order valence-corrected chi connectivity index (χ4v) is 2.49. The van der Waals surface area contributed by atoms with E-state index in [2.05, 4.69) is 0 Å². The lowest BCUT2D eigenvalue weighted by Gasteiger charge is -2.32. The second-order valence-corrected chi connectivity index (χ2v) is 5.31. The zero-order chi connectivity index (χ0) is 15.9. The molecule has 0 unspecified atom stereocenters. The van der Waals surface area contributed by atoms with E-state index in [0.717, 1.165) is 19.3 Å². The average Bonchev–Trinajstić information content (AvgIpc) is 2.55. The van der Waals surface area contributed by atoms with Crippen LogP contribution in [0.1, 0.15) is 29.6 Å². The lowest BCUT2D eigenvalue weighted by molar-refractivity contribution is -0.384. The Morgan fingerprint density at radius 1 is 1.41 bits per heavy atom. The number of amides is 1. The predicted octanol–water partition coefficient (Wildman–Crippen LogP) is 1.56. The molecule has 0 atom stereocenters. The summed E-state index contributed by atoms with van der Waals surface area (Å²) in [5, 5.41) is 10.8. The Bertz CT molecular complexity index is 527. The van der Waals surface area contributed by atoms with Crippen molar-refractivity contribution in [3.05, 3.63) is 39.9 Å². The Morgan fingerprint density at radius 2 is 2.14 bits per heavy atom. The molecule has 0 aliphatic carbocycles. The van der Waals surface area contributed by atoms with Gasteiger partial charge in [-0.2, -0.15) is 0 Å². The van der Waals surface area contributed by atoms with E-state index in [4.69, 9.17) is 10.5 Å². The van der Waals surface area contributed by atoms with Gasteiger partial charge in [0, 0.05) is 37.4 Å². The molecule has 0 bridgehead atoms. The first kappa shape index (κ1) is 16.4. The molecule has 2 N–H and O–H groups in total. The summed E-state index contributed by atoms with van der Waals surface area (Å²) in [6.07, 6.45) is 2.57. The topological polar surface area (TPSA) is 98.7 Å². The van der Waals surface area contributed by atoms with Gasteiger partial charge in [0.05, 0.1) is 11.0 Å². The predicted molar refractivity (Wildman–Crippen MR) is 81.6 cm³/mol. The Labute approximate surface area is 129 Å². The number of rotatable bonds is 6. The summed E-state index contributed by atoms with van der Waals surface area (Å²) in [4.78, 5) is 24.4. The van der Waals surface area contributed by atoms with Crippen LogP contribution < -0.4 is 5.73 Å². The van der Waals surface area contributed by atoms with Crippen LogP contribution in [0.5, 0.6) is 0 Å². The quantitative estimate of drug-likeness (QED) is 0.488. The van der Waals surface area contributed by atoms with Crippen molar-refractivity contribution in [1.29, 1.82) is 0 Å². The van der Waals surface area contributed by atoms with Crippen LogP contribution in [0.25, 0.3) is 0 Å². The summed E-state index contributed by atoms with van der Waals surface area (Å²) >= 11 is 0. The number of nitrogens with two attached hydrogens (primary N) is 1. The molecular weight excluding hydrogens is 286 g/mol. The molecule has 1 fully saturated rings. The summed E-state index contributed by atoms with van der Waals surface area (Å²) in [7, 11) is 0. The minimum absolute atomic E-state index is 0.0640. The van der Waals surface area contributed by atoms with Crippen molar-refractivity contribution < 1.29 is 14.5 Å². The zero-order valence-electron chi connectivity index (χ0n) is 12.4. The molecule has 1 aromatic rings. The molecular formula is C15H21N3O4. The minimum Gasteiger partial charge on any atom is -0.378 e. The summed E-state index contributed by atoms with van der Waals surface area (Å²) in [5.74, 6) is -0.163. The van der Waals surface area contributed by atoms with Gasteiger partial charge in [0.2, 0.25) is 0 Å². The maximum atomic E-state index is 12.4. The molecule has 0 radical (unpaired) electrons. The largest absolute Gasteiger partial charge is 0.378 e. The van der Waals surface area contributed by atoms with Gasteiger partial charge in [-0.3, -0.25) is 14.9 Å². The number of nitrogens with zero attached hydrogens (tertiary/aromatic N) is 2. The smallest absolute Gasteiger partial charge is 0.270 e. The molecule has 7 nitrogen and oxygen atoms in total. The molecule has 7 heteroatoms. The summed E-state index contributed by atoms with van der Waals surface area (Å²) in [6.45, 7) is 2.48. The number of carbonyl (C=O) groups is 1. The highest BCUT2D eigenvalue weighted by Gasteiger charge is 2.24. The van der Waals surface area contributed by atoms with Gasteiger partial charge in [-0.1, -0.05) is 6.07 Å². The van der Waals surface area contributed by atoms with E-state index in [1.54, 1.807) is 11.0 Å². The van der Waals surface area contributed by atoms with Gasteiger partial charge < -0.3 is 15.4 Å². The van der Waals surface area contributed by atoms with E-state index in [-0.39, 0.29) is 17.7 Å². The second kappa shape index (κ2) is 7.86. The third-order valence-corrected chi connectivity index (χ3v) is 3.74. The van der Waals surface area contributed by atoms with E-state index in [1.165, 1.54) is 18.2 Å². The Balaban J connectivity index is 1.89. The van der Waals surface area contributed by atoms with E-state index in [9.17, 15) is 14.9 Å². The third kappa shape index (κ3) is 4.25. The fraction of sp³-hybridized carbons (Fsp3) is 0.533. The highest BCUT2D eigenvalue weighted by atomic mass is 16.6. The number of piperidine rings is 1. The number of ether oxygens (including phenoxy) is 1. The third-order valence-electron chi connectivity index (χ3n) is 3.74. The van der Waals surface area contributed by atoms with Gasteiger partial charge in [0.1, 0.15) is 0 Å². The molecule has 22 heavy (non-hydrogen) atoms. The van der Waals surface area contributed by atoms with Gasteiger partial charge in [0.25, 0.3) is 11.6 Å². The van der Waals surface area contributed by atoms with Crippen LogP contribution in [0.4, 0.5) is 5.69 Å². The molecule has 1 saturated heterocycles. The summed E-state index contributed by atoms with van der Waals surface area (Å²) in [5.41, 5.74) is 5.72.